The highest BCUT2D eigenvalue weighted by molar-refractivity contribution is 6.25. The first-order valence-corrected chi connectivity index (χ1v) is 8.31. The molecule has 22 heavy (non-hydrogen) atoms. The second kappa shape index (κ2) is 6.55. The summed E-state index contributed by atoms with van der Waals surface area (Å²) in [5.41, 5.74) is 0.463. The summed E-state index contributed by atoms with van der Waals surface area (Å²) in [5, 5.41) is 0. The van der Waals surface area contributed by atoms with E-state index >= 15 is 0 Å². The zero-order valence-electron chi connectivity index (χ0n) is 12.8. The van der Waals surface area contributed by atoms with Crippen molar-refractivity contribution >= 4 is 17.3 Å². The molecule has 0 amide bonds. The van der Waals surface area contributed by atoms with Crippen molar-refractivity contribution in [2.24, 2.45) is 17.8 Å². The smallest absolute Gasteiger partial charge is 0.180 e. The number of hydrogen-bond donors (Lipinski definition) is 0. The van der Waals surface area contributed by atoms with E-state index in [1.165, 1.54) is 19.3 Å². The summed E-state index contributed by atoms with van der Waals surface area (Å²) < 4.78 is 0. The predicted molar refractivity (Wildman–Crippen MR) is 83.6 cm³/mol. The molecule has 2 fully saturated rings. The molecule has 0 spiro atoms. The van der Waals surface area contributed by atoms with E-state index in [-0.39, 0.29) is 23.3 Å². The van der Waals surface area contributed by atoms with Crippen LogP contribution >= 0.6 is 0 Å². The monoisotopic (exact) mass is 298 g/mol. The Morgan fingerprint density at radius 3 is 2.00 bits per heavy atom. The Hall–Kier alpha value is -1.77. The largest absolute Gasteiger partial charge is 0.298 e. The third kappa shape index (κ3) is 3.03. The molecular formula is C19H22O3. The van der Waals surface area contributed by atoms with Crippen molar-refractivity contribution in [3.05, 3.63) is 35.9 Å². The van der Waals surface area contributed by atoms with Gasteiger partial charge in [-0.2, -0.15) is 0 Å². The number of Topliss-reactive ketones (excluding diaryl/α,β-unsaturated/α-hetero) is 3. The minimum absolute atomic E-state index is 0.166. The maximum atomic E-state index is 12.5. The summed E-state index contributed by atoms with van der Waals surface area (Å²) in [6.07, 6.45) is 6.73. The van der Waals surface area contributed by atoms with Gasteiger partial charge in [-0.3, -0.25) is 14.4 Å². The second-order valence-electron chi connectivity index (χ2n) is 6.66. The van der Waals surface area contributed by atoms with Crippen molar-refractivity contribution in [1.82, 2.24) is 0 Å². The lowest BCUT2D eigenvalue weighted by atomic mass is 9.69. The molecule has 2 saturated carbocycles. The normalized spacial score (nSPS) is 26.9. The van der Waals surface area contributed by atoms with E-state index in [2.05, 4.69) is 0 Å². The molecule has 0 aromatic heterocycles. The zero-order valence-corrected chi connectivity index (χ0v) is 12.8. The van der Waals surface area contributed by atoms with Gasteiger partial charge < -0.3 is 0 Å². The van der Waals surface area contributed by atoms with E-state index in [0.29, 0.717) is 24.3 Å². The Morgan fingerprint density at radius 2 is 1.41 bits per heavy atom. The van der Waals surface area contributed by atoms with Crippen LogP contribution in [0.25, 0.3) is 0 Å². The molecule has 0 bridgehead atoms. The van der Waals surface area contributed by atoms with Crippen LogP contribution in [0, 0.1) is 17.8 Å². The van der Waals surface area contributed by atoms with Crippen LogP contribution in [0.2, 0.25) is 0 Å². The van der Waals surface area contributed by atoms with Crippen molar-refractivity contribution in [1.29, 1.82) is 0 Å². The van der Waals surface area contributed by atoms with Gasteiger partial charge in [0.25, 0.3) is 0 Å². The Bertz CT molecular complexity index is 552. The van der Waals surface area contributed by atoms with E-state index in [4.69, 9.17) is 0 Å². The van der Waals surface area contributed by atoms with Crippen molar-refractivity contribution in [3.8, 4) is 0 Å². The Labute approximate surface area is 131 Å². The van der Waals surface area contributed by atoms with Gasteiger partial charge in [0.05, 0.1) is 0 Å². The molecule has 2 aliphatic carbocycles. The molecule has 2 aliphatic rings. The van der Waals surface area contributed by atoms with Gasteiger partial charge in [0.15, 0.2) is 17.3 Å². The van der Waals surface area contributed by atoms with Crippen LogP contribution in [0.1, 0.15) is 55.3 Å². The number of benzene rings is 1. The first-order valence-electron chi connectivity index (χ1n) is 8.31. The molecule has 0 saturated heterocycles. The second-order valence-corrected chi connectivity index (χ2v) is 6.66. The van der Waals surface area contributed by atoms with Crippen LogP contribution in [0.3, 0.4) is 0 Å². The van der Waals surface area contributed by atoms with Crippen molar-refractivity contribution < 1.29 is 14.4 Å². The lowest BCUT2D eigenvalue weighted by Crippen LogP contribution is -2.41. The zero-order chi connectivity index (χ0) is 15.5. The fourth-order valence-corrected chi connectivity index (χ4v) is 4.00. The highest BCUT2D eigenvalue weighted by Gasteiger charge is 2.42. The molecular weight excluding hydrogens is 276 g/mol. The fourth-order valence-electron chi connectivity index (χ4n) is 4.00. The van der Waals surface area contributed by atoms with Gasteiger partial charge in [0.1, 0.15) is 5.92 Å². The molecule has 0 unspecified atom stereocenters. The molecule has 0 atom stereocenters. The van der Waals surface area contributed by atoms with Crippen molar-refractivity contribution in [3.63, 3.8) is 0 Å². The average molecular weight is 298 g/mol. The molecule has 3 heteroatoms. The number of carbonyl (C=O) groups excluding carboxylic acids is 3. The molecule has 3 nitrogen and oxygen atoms in total. The standard InChI is InChI=1S/C19H22O3/c20-16-11-15(13-7-3-1-4-8-13)12-17(21)18(16)19(22)14-9-5-2-6-10-14/h2,5-6,9-10,13,15,18H,1,3-4,7-8,11-12H2. The van der Waals surface area contributed by atoms with Crippen LogP contribution < -0.4 is 0 Å². The van der Waals surface area contributed by atoms with Gasteiger partial charge in [-0.25, -0.2) is 0 Å². The molecule has 0 aliphatic heterocycles. The Morgan fingerprint density at radius 1 is 0.818 bits per heavy atom. The van der Waals surface area contributed by atoms with Crippen LogP contribution in [0.5, 0.6) is 0 Å². The molecule has 3 rings (SSSR count). The van der Waals surface area contributed by atoms with E-state index in [1.807, 2.05) is 6.07 Å². The van der Waals surface area contributed by atoms with Crippen molar-refractivity contribution in [2.75, 3.05) is 0 Å². The molecule has 0 N–H and O–H groups in total. The topological polar surface area (TPSA) is 51.2 Å². The lowest BCUT2D eigenvalue weighted by Gasteiger charge is -2.33. The summed E-state index contributed by atoms with van der Waals surface area (Å²) in [7, 11) is 0. The maximum absolute atomic E-state index is 12.5. The third-order valence-electron chi connectivity index (χ3n) is 5.21. The summed E-state index contributed by atoms with van der Waals surface area (Å²) in [4.78, 5) is 37.3. The minimum atomic E-state index is -1.05. The predicted octanol–water partition coefficient (Wildman–Crippen LogP) is 3.61. The maximum Gasteiger partial charge on any atom is 0.180 e. The summed E-state index contributed by atoms with van der Waals surface area (Å²) >= 11 is 0. The lowest BCUT2D eigenvalue weighted by molar-refractivity contribution is -0.136. The Kier molecular flexibility index (Phi) is 4.51. The quantitative estimate of drug-likeness (QED) is 0.632. The highest BCUT2D eigenvalue weighted by atomic mass is 16.2. The highest BCUT2D eigenvalue weighted by Crippen LogP contribution is 2.38. The van der Waals surface area contributed by atoms with E-state index in [0.717, 1.165) is 12.8 Å². The molecule has 0 radical (unpaired) electrons. The average Bonchev–Trinajstić information content (AvgIpc) is 2.55. The van der Waals surface area contributed by atoms with E-state index < -0.39 is 5.92 Å². The van der Waals surface area contributed by atoms with Gasteiger partial charge in [-0.15, -0.1) is 0 Å². The number of rotatable bonds is 3. The first kappa shape index (κ1) is 15.1. The molecule has 116 valence electrons. The summed E-state index contributed by atoms with van der Waals surface area (Å²) in [5.74, 6) is -1.05. The molecule has 1 aromatic carbocycles. The SMILES string of the molecule is O=C1CC(C2CCCCC2)CC(=O)C1C(=O)c1ccccc1. The van der Waals surface area contributed by atoms with Crippen LogP contribution in [0.15, 0.2) is 30.3 Å². The van der Waals surface area contributed by atoms with Crippen LogP contribution in [-0.2, 0) is 9.59 Å². The van der Waals surface area contributed by atoms with E-state index in [9.17, 15) is 14.4 Å². The van der Waals surface area contributed by atoms with Crippen molar-refractivity contribution in [2.45, 2.75) is 44.9 Å². The van der Waals surface area contributed by atoms with Gasteiger partial charge in [0.2, 0.25) is 0 Å². The molecule has 1 aromatic rings. The van der Waals surface area contributed by atoms with Gasteiger partial charge in [-0.05, 0) is 11.8 Å². The van der Waals surface area contributed by atoms with E-state index in [1.54, 1.807) is 24.3 Å². The first-order chi connectivity index (χ1) is 10.7. The van der Waals surface area contributed by atoms with Gasteiger partial charge >= 0.3 is 0 Å². The third-order valence-corrected chi connectivity index (χ3v) is 5.21. The van der Waals surface area contributed by atoms with Crippen LogP contribution in [-0.4, -0.2) is 17.3 Å². The fraction of sp³-hybridized carbons (Fsp3) is 0.526. The number of ketones is 3. The van der Waals surface area contributed by atoms with Crippen LogP contribution in [0.4, 0.5) is 0 Å². The molecule has 0 heterocycles. The number of carbonyl (C=O) groups is 3. The number of hydrogen-bond acceptors (Lipinski definition) is 3. The van der Waals surface area contributed by atoms with Gasteiger partial charge in [-0.1, -0.05) is 62.4 Å². The Balaban J connectivity index is 1.72. The minimum Gasteiger partial charge on any atom is -0.298 e. The van der Waals surface area contributed by atoms with Gasteiger partial charge in [0, 0.05) is 18.4 Å². The summed E-state index contributed by atoms with van der Waals surface area (Å²) in [6, 6.07) is 8.69. The summed E-state index contributed by atoms with van der Waals surface area (Å²) in [6.45, 7) is 0.